The molecule has 1 aromatic carbocycles. The number of aromatic nitrogens is 1. The lowest BCUT2D eigenvalue weighted by molar-refractivity contribution is -0.152. The number of anilines is 1. The van der Waals surface area contributed by atoms with Gasteiger partial charge in [0.05, 0.1) is 17.0 Å². The maximum atomic E-state index is 12.3. The Morgan fingerprint density at radius 1 is 1.22 bits per heavy atom. The molecule has 5 nitrogen and oxygen atoms in total. The Bertz CT molecular complexity index is 948. The summed E-state index contributed by atoms with van der Waals surface area (Å²) in [5, 5.41) is 7.53. The molecule has 0 aliphatic heterocycles. The fourth-order valence-electron chi connectivity index (χ4n) is 2.45. The molecule has 0 aliphatic carbocycles. The van der Waals surface area contributed by atoms with Crippen LogP contribution >= 0.6 is 22.7 Å². The molecule has 0 bridgehead atoms. The molecule has 1 unspecified atom stereocenters. The van der Waals surface area contributed by atoms with Crippen LogP contribution in [0.2, 0.25) is 0 Å². The first-order valence-electron chi connectivity index (χ1n) is 8.48. The van der Waals surface area contributed by atoms with E-state index in [4.69, 9.17) is 4.74 Å². The van der Waals surface area contributed by atoms with E-state index in [9.17, 15) is 9.59 Å². The standard InChI is InChI=1S/C20H20N2O3S2/c1-12-6-7-13(2)16(9-12)22-19(24)14(3)25-18(23)10-15-11-27-20(21-15)17-5-4-8-26-17/h4-9,11,14H,10H2,1-3H3,(H,22,24). The van der Waals surface area contributed by atoms with Crippen LogP contribution in [0.5, 0.6) is 0 Å². The van der Waals surface area contributed by atoms with E-state index in [1.165, 1.54) is 11.3 Å². The summed E-state index contributed by atoms with van der Waals surface area (Å²) >= 11 is 3.10. The van der Waals surface area contributed by atoms with Gasteiger partial charge in [0.2, 0.25) is 0 Å². The minimum Gasteiger partial charge on any atom is -0.452 e. The summed E-state index contributed by atoms with van der Waals surface area (Å²) in [6.07, 6.45) is -0.837. The zero-order chi connectivity index (χ0) is 19.4. The molecule has 0 radical (unpaired) electrons. The quantitative estimate of drug-likeness (QED) is 0.614. The molecular formula is C20H20N2O3S2. The highest BCUT2D eigenvalue weighted by Gasteiger charge is 2.19. The van der Waals surface area contributed by atoms with Gasteiger partial charge in [-0.1, -0.05) is 18.2 Å². The number of hydrogen-bond donors (Lipinski definition) is 1. The van der Waals surface area contributed by atoms with Crippen molar-refractivity contribution in [3.63, 3.8) is 0 Å². The molecule has 2 heterocycles. The molecule has 7 heteroatoms. The van der Waals surface area contributed by atoms with E-state index in [1.54, 1.807) is 18.3 Å². The van der Waals surface area contributed by atoms with Gasteiger partial charge in [-0.15, -0.1) is 22.7 Å². The second-order valence-corrected chi connectivity index (χ2v) is 8.04. The third-order valence-corrected chi connectivity index (χ3v) is 5.87. The van der Waals surface area contributed by atoms with Crippen LogP contribution in [0.25, 0.3) is 9.88 Å². The highest BCUT2D eigenvalue weighted by atomic mass is 32.1. The van der Waals surface area contributed by atoms with Crippen molar-refractivity contribution in [3.8, 4) is 9.88 Å². The van der Waals surface area contributed by atoms with Gasteiger partial charge in [0.1, 0.15) is 5.01 Å². The molecule has 0 saturated heterocycles. The van der Waals surface area contributed by atoms with Gasteiger partial charge < -0.3 is 10.1 Å². The molecular weight excluding hydrogens is 380 g/mol. The second-order valence-electron chi connectivity index (χ2n) is 6.24. The zero-order valence-electron chi connectivity index (χ0n) is 15.3. The molecule has 27 heavy (non-hydrogen) atoms. The highest BCUT2D eigenvalue weighted by molar-refractivity contribution is 7.20. The molecule has 1 amide bonds. The monoisotopic (exact) mass is 400 g/mol. The van der Waals surface area contributed by atoms with Gasteiger partial charge in [-0.2, -0.15) is 0 Å². The molecule has 1 atom stereocenters. The van der Waals surface area contributed by atoms with Gasteiger partial charge >= 0.3 is 5.97 Å². The molecule has 2 aromatic heterocycles. The first kappa shape index (κ1) is 19.3. The van der Waals surface area contributed by atoms with E-state index in [-0.39, 0.29) is 12.3 Å². The number of carbonyl (C=O) groups is 2. The molecule has 0 fully saturated rings. The first-order valence-corrected chi connectivity index (χ1v) is 10.2. The Balaban J connectivity index is 1.55. The number of esters is 1. The molecule has 3 aromatic rings. The summed E-state index contributed by atoms with van der Waals surface area (Å²) in [7, 11) is 0. The van der Waals surface area contributed by atoms with Crippen LogP contribution in [0.3, 0.4) is 0 Å². The van der Waals surface area contributed by atoms with Crippen molar-refractivity contribution in [1.82, 2.24) is 4.98 Å². The van der Waals surface area contributed by atoms with Crippen LogP contribution < -0.4 is 5.32 Å². The summed E-state index contributed by atoms with van der Waals surface area (Å²) in [5.74, 6) is -0.823. The summed E-state index contributed by atoms with van der Waals surface area (Å²) in [6, 6.07) is 9.77. The lowest BCUT2D eigenvalue weighted by atomic mass is 10.1. The average Bonchev–Trinajstić information content (AvgIpc) is 3.29. The summed E-state index contributed by atoms with van der Waals surface area (Å²) < 4.78 is 5.27. The Labute approximate surface area is 166 Å². The maximum absolute atomic E-state index is 12.3. The van der Waals surface area contributed by atoms with Crippen molar-refractivity contribution in [1.29, 1.82) is 0 Å². The van der Waals surface area contributed by atoms with Crippen LogP contribution in [0, 0.1) is 13.8 Å². The number of benzene rings is 1. The number of ether oxygens (including phenoxy) is 1. The molecule has 140 valence electrons. The predicted molar refractivity (Wildman–Crippen MR) is 109 cm³/mol. The van der Waals surface area contributed by atoms with E-state index in [0.717, 1.165) is 26.7 Å². The minimum absolute atomic E-state index is 0.0446. The Morgan fingerprint density at radius 2 is 2.04 bits per heavy atom. The highest BCUT2D eigenvalue weighted by Crippen LogP contribution is 2.28. The Kier molecular flexibility index (Phi) is 6.03. The van der Waals surface area contributed by atoms with Gasteiger partial charge in [0.25, 0.3) is 5.91 Å². The summed E-state index contributed by atoms with van der Waals surface area (Å²) in [5.41, 5.74) is 3.38. The van der Waals surface area contributed by atoms with E-state index in [0.29, 0.717) is 5.69 Å². The Morgan fingerprint density at radius 3 is 2.78 bits per heavy atom. The number of thiophene rings is 1. The first-order chi connectivity index (χ1) is 12.9. The van der Waals surface area contributed by atoms with Crippen LogP contribution in [-0.2, 0) is 20.7 Å². The molecule has 0 saturated carbocycles. The minimum atomic E-state index is -0.882. The van der Waals surface area contributed by atoms with Crippen molar-refractivity contribution in [2.24, 2.45) is 0 Å². The second kappa shape index (κ2) is 8.45. The number of rotatable bonds is 6. The van der Waals surface area contributed by atoms with Crippen LogP contribution in [0.1, 0.15) is 23.7 Å². The zero-order valence-corrected chi connectivity index (χ0v) is 16.9. The third-order valence-electron chi connectivity index (χ3n) is 3.94. The van der Waals surface area contributed by atoms with E-state index < -0.39 is 12.1 Å². The number of hydrogen-bond acceptors (Lipinski definition) is 6. The van der Waals surface area contributed by atoms with Crippen LogP contribution in [0.15, 0.2) is 41.1 Å². The summed E-state index contributed by atoms with van der Waals surface area (Å²) in [6.45, 7) is 5.44. The maximum Gasteiger partial charge on any atom is 0.312 e. The lowest BCUT2D eigenvalue weighted by Crippen LogP contribution is -2.30. The third kappa shape index (κ3) is 5.02. The van der Waals surface area contributed by atoms with Crippen molar-refractivity contribution >= 4 is 40.2 Å². The summed E-state index contributed by atoms with van der Waals surface area (Å²) in [4.78, 5) is 30.0. The fourth-order valence-corrected chi connectivity index (χ4v) is 4.08. The smallest absolute Gasteiger partial charge is 0.312 e. The fraction of sp³-hybridized carbons (Fsp3) is 0.250. The Hall–Kier alpha value is -2.51. The van der Waals surface area contributed by atoms with E-state index in [2.05, 4.69) is 10.3 Å². The number of thiazole rings is 1. The van der Waals surface area contributed by atoms with E-state index >= 15 is 0 Å². The van der Waals surface area contributed by atoms with Crippen LogP contribution in [0.4, 0.5) is 5.69 Å². The molecule has 0 aliphatic rings. The largest absolute Gasteiger partial charge is 0.452 e. The molecule has 0 spiro atoms. The normalized spacial score (nSPS) is 11.8. The van der Waals surface area contributed by atoms with Crippen molar-refractivity contribution in [3.05, 3.63) is 57.9 Å². The molecule has 3 rings (SSSR count). The van der Waals surface area contributed by atoms with Crippen molar-refractivity contribution in [2.75, 3.05) is 5.32 Å². The van der Waals surface area contributed by atoms with E-state index in [1.807, 2.05) is 54.9 Å². The predicted octanol–water partition coefficient (Wildman–Crippen LogP) is 4.60. The van der Waals surface area contributed by atoms with Gasteiger partial charge in [-0.05, 0) is 49.4 Å². The lowest BCUT2D eigenvalue weighted by Gasteiger charge is -2.15. The topological polar surface area (TPSA) is 68.3 Å². The number of aryl methyl sites for hydroxylation is 2. The average molecular weight is 401 g/mol. The van der Waals surface area contributed by atoms with Crippen molar-refractivity contribution < 1.29 is 14.3 Å². The molecule has 1 N–H and O–H groups in total. The van der Waals surface area contributed by atoms with Gasteiger partial charge in [-0.3, -0.25) is 9.59 Å². The van der Waals surface area contributed by atoms with Crippen LogP contribution in [-0.4, -0.2) is 23.0 Å². The number of nitrogens with one attached hydrogen (secondary N) is 1. The van der Waals surface area contributed by atoms with Crippen molar-refractivity contribution in [2.45, 2.75) is 33.3 Å². The number of carbonyl (C=O) groups excluding carboxylic acids is 2. The van der Waals surface area contributed by atoms with Gasteiger partial charge in [0, 0.05) is 11.1 Å². The number of nitrogens with zero attached hydrogens (tertiary/aromatic N) is 1. The number of amides is 1. The van der Waals surface area contributed by atoms with Gasteiger partial charge in [-0.25, -0.2) is 4.98 Å². The SMILES string of the molecule is Cc1ccc(C)c(NC(=O)C(C)OC(=O)Cc2csc(-c3cccs3)n2)c1. The van der Waals surface area contributed by atoms with Gasteiger partial charge in [0.15, 0.2) is 6.10 Å².